The van der Waals surface area contributed by atoms with Crippen LogP contribution in [0.3, 0.4) is 0 Å². The summed E-state index contributed by atoms with van der Waals surface area (Å²) in [4.78, 5) is 5.69. The minimum atomic E-state index is 0.315. The molecule has 90 valence electrons. The molecular formula is C13H17N3S. The molecule has 4 heteroatoms. The first-order valence-corrected chi connectivity index (χ1v) is 6.65. The molecule has 2 aromatic heterocycles. The van der Waals surface area contributed by atoms with Gasteiger partial charge >= 0.3 is 0 Å². The molecule has 0 amide bonds. The van der Waals surface area contributed by atoms with Gasteiger partial charge in [-0.25, -0.2) is 0 Å². The van der Waals surface area contributed by atoms with Crippen LogP contribution >= 0.6 is 11.3 Å². The molecule has 3 N–H and O–H groups in total. The van der Waals surface area contributed by atoms with Gasteiger partial charge < -0.3 is 0 Å². The molecule has 2 aromatic rings. The molecular weight excluding hydrogens is 230 g/mol. The van der Waals surface area contributed by atoms with Crippen LogP contribution in [0.5, 0.6) is 0 Å². The summed E-state index contributed by atoms with van der Waals surface area (Å²) >= 11 is 1.78. The van der Waals surface area contributed by atoms with Gasteiger partial charge in [-0.1, -0.05) is 12.1 Å². The number of rotatable bonds is 6. The SMILES string of the molecule is NNC(CCc1ccccn1)Cc1cccs1. The number of hydrogen-bond acceptors (Lipinski definition) is 4. The van der Waals surface area contributed by atoms with Crippen molar-refractivity contribution in [2.45, 2.75) is 25.3 Å². The minimum absolute atomic E-state index is 0.315. The lowest BCUT2D eigenvalue weighted by Crippen LogP contribution is -2.37. The van der Waals surface area contributed by atoms with Crippen molar-refractivity contribution in [3.8, 4) is 0 Å². The van der Waals surface area contributed by atoms with Gasteiger partial charge in [-0.15, -0.1) is 11.3 Å². The molecule has 0 fully saturated rings. The zero-order chi connectivity index (χ0) is 11.9. The lowest BCUT2D eigenvalue weighted by atomic mass is 10.1. The molecule has 0 saturated carbocycles. The molecule has 1 unspecified atom stereocenters. The van der Waals surface area contributed by atoms with E-state index in [4.69, 9.17) is 5.84 Å². The van der Waals surface area contributed by atoms with E-state index in [1.165, 1.54) is 4.88 Å². The molecule has 0 spiro atoms. The predicted octanol–water partition coefficient (Wildman–Crippen LogP) is 2.15. The molecule has 0 aliphatic rings. The molecule has 0 radical (unpaired) electrons. The van der Waals surface area contributed by atoms with Gasteiger partial charge in [0.05, 0.1) is 0 Å². The molecule has 0 aliphatic carbocycles. The third-order valence-corrected chi connectivity index (χ3v) is 3.64. The highest BCUT2D eigenvalue weighted by Crippen LogP contribution is 2.13. The molecule has 2 rings (SSSR count). The van der Waals surface area contributed by atoms with Gasteiger partial charge in [0.25, 0.3) is 0 Å². The third-order valence-electron chi connectivity index (χ3n) is 2.74. The predicted molar refractivity (Wildman–Crippen MR) is 71.7 cm³/mol. The molecule has 0 bridgehead atoms. The van der Waals surface area contributed by atoms with Crippen molar-refractivity contribution in [3.05, 3.63) is 52.5 Å². The van der Waals surface area contributed by atoms with Gasteiger partial charge in [-0.3, -0.25) is 16.3 Å². The van der Waals surface area contributed by atoms with Crippen molar-refractivity contribution in [2.75, 3.05) is 0 Å². The first-order valence-electron chi connectivity index (χ1n) is 5.77. The van der Waals surface area contributed by atoms with Gasteiger partial charge in [0.15, 0.2) is 0 Å². The topological polar surface area (TPSA) is 50.9 Å². The highest BCUT2D eigenvalue weighted by Gasteiger charge is 2.08. The van der Waals surface area contributed by atoms with E-state index < -0.39 is 0 Å². The van der Waals surface area contributed by atoms with Gasteiger partial charge in [0.2, 0.25) is 0 Å². The van der Waals surface area contributed by atoms with E-state index in [2.05, 4.69) is 34.0 Å². The Hall–Kier alpha value is -1.23. The number of thiophene rings is 1. The molecule has 0 aromatic carbocycles. The number of hydrogen-bond donors (Lipinski definition) is 2. The van der Waals surface area contributed by atoms with Gasteiger partial charge in [-0.05, 0) is 42.8 Å². The van der Waals surface area contributed by atoms with E-state index in [0.717, 1.165) is 25.0 Å². The van der Waals surface area contributed by atoms with E-state index in [-0.39, 0.29) is 0 Å². The Morgan fingerprint density at radius 3 is 2.88 bits per heavy atom. The summed E-state index contributed by atoms with van der Waals surface area (Å²) in [5.41, 5.74) is 4.01. The van der Waals surface area contributed by atoms with E-state index in [0.29, 0.717) is 6.04 Å². The summed E-state index contributed by atoms with van der Waals surface area (Å²) in [6.07, 6.45) is 4.78. The second-order valence-corrected chi connectivity index (χ2v) is 5.04. The number of nitrogens with two attached hydrogens (primary N) is 1. The van der Waals surface area contributed by atoms with Crippen LogP contribution in [0.4, 0.5) is 0 Å². The average molecular weight is 247 g/mol. The normalized spacial score (nSPS) is 12.5. The molecule has 3 nitrogen and oxygen atoms in total. The number of hydrazine groups is 1. The summed E-state index contributed by atoms with van der Waals surface area (Å²) < 4.78 is 0. The van der Waals surface area contributed by atoms with Crippen molar-refractivity contribution in [1.29, 1.82) is 0 Å². The molecule has 0 saturated heterocycles. The van der Waals surface area contributed by atoms with Crippen LogP contribution in [0.2, 0.25) is 0 Å². The standard InChI is InChI=1S/C13H17N3S/c14-16-12(10-13-5-3-9-17-13)7-6-11-4-1-2-8-15-11/h1-5,8-9,12,16H,6-7,10,14H2. The van der Waals surface area contributed by atoms with Crippen LogP contribution in [0.1, 0.15) is 17.0 Å². The second-order valence-electron chi connectivity index (χ2n) is 4.01. The average Bonchev–Trinajstić information content (AvgIpc) is 2.88. The Morgan fingerprint density at radius 2 is 2.24 bits per heavy atom. The van der Waals surface area contributed by atoms with E-state index in [1.54, 1.807) is 11.3 Å². The summed E-state index contributed by atoms with van der Waals surface area (Å²) in [6, 6.07) is 10.6. The van der Waals surface area contributed by atoms with Crippen LogP contribution in [0.15, 0.2) is 41.9 Å². The Kier molecular flexibility index (Phi) is 4.67. The van der Waals surface area contributed by atoms with Crippen molar-refractivity contribution < 1.29 is 0 Å². The fourth-order valence-corrected chi connectivity index (χ4v) is 2.57. The molecule has 17 heavy (non-hydrogen) atoms. The highest BCUT2D eigenvalue weighted by molar-refractivity contribution is 7.09. The highest BCUT2D eigenvalue weighted by atomic mass is 32.1. The zero-order valence-electron chi connectivity index (χ0n) is 9.67. The van der Waals surface area contributed by atoms with Crippen LogP contribution in [-0.2, 0) is 12.8 Å². The Labute approximate surface area is 106 Å². The number of aryl methyl sites for hydroxylation is 1. The Morgan fingerprint density at radius 1 is 1.29 bits per heavy atom. The van der Waals surface area contributed by atoms with Crippen LogP contribution in [-0.4, -0.2) is 11.0 Å². The fourth-order valence-electron chi connectivity index (χ4n) is 1.78. The molecule has 1 atom stereocenters. The first-order chi connectivity index (χ1) is 8.38. The maximum atomic E-state index is 5.59. The summed E-state index contributed by atoms with van der Waals surface area (Å²) in [5, 5.41) is 2.10. The third kappa shape index (κ3) is 3.93. The van der Waals surface area contributed by atoms with Crippen LogP contribution in [0, 0.1) is 0 Å². The van der Waals surface area contributed by atoms with E-state index >= 15 is 0 Å². The largest absolute Gasteiger partial charge is 0.271 e. The maximum Gasteiger partial charge on any atom is 0.0404 e. The molecule has 2 heterocycles. The van der Waals surface area contributed by atoms with Gasteiger partial charge in [0.1, 0.15) is 0 Å². The molecule has 0 aliphatic heterocycles. The maximum absolute atomic E-state index is 5.59. The summed E-state index contributed by atoms with van der Waals surface area (Å²) in [6.45, 7) is 0. The smallest absolute Gasteiger partial charge is 0.0404 e. The van der Waals surface area contributed by atoms with Crippen molar-refractivity contribution in [3.63, 3.8) is 0 Å². The van der Waals surface area contributed by atoms with Crippen molar-refractivity contribution in [1.82, 2.24) is 10.4 Å². The zero-order valence-corrected chi connectivity index (χ0v) is 10.5. The summed E-state index contributed by atoms with van der Waals surface area (Å²) in [5.74, 6) is 5.59. The van der Waals surface area contributed by atoms with E-state index in [1.807, 2.05) is 18.3 Å². The fraction of sp³-hybridized carbons (Fsp3) is 0.308. The van der Waals surface area contributed by atoms with Crippen molar-refractivity contribution >= 4 is 11.3 Å². The van der Waals surface area contributed by atoms with Crippen LogP contribution < -0.4 is 11.3 Å². The number of nitrogens with one attached hydrogen (secondary N) is 1. The number of aromatic nitrogens is 1. The summed E-state index contributed by atoms with van der Waals surface area (Å²) in [7, 11) is 0. The van der Waals surface area contributed by atoms with E-state index in [9.17, 15) is 0 Å². The van der Waals surface area contributed by atoms with Crippen LogP contribution in [0.25, 0.3) is 0 Å². The number of pyridine rings is 1. The number of nitrogens with zero attached hydrogens (tertiary/aromatic N) is 1. The quantitative estimate of drug-likeness (QED) is 0.607. The Bertz CT molecular complexity index is 413. The first kappa shape index (κ1) is 12.2. The lowest BCUT2D eigenvalue weighted by molar-refractivity contribution is 0.492. The second kappa shape index (κ2) is 6.49. The van der Waals surface area contributed by atoms with Gasteiger partial charge in [0, 0.05) is 22.8 Å². The lowest BCUT2D eigenvalue weighted by Gasteiger charge is -2.14. The monoisotopic (exact) mass is 247 g/mol. The Balaban J connectivity index is 1.84. The minimum Gasteiger partial charge on any atom is -0.271 e. The van der Waals surface area contributed by atoms with Gasteiger partial charge in [-0.2, -0.15) is 0 Å². The van der Waals surface area contributed by atoms with Crippen molar-refractivity contribution in [2.24, 2.45) is 5.84 Å².